The Labute approximate surface area is 157 Å². The third-order valence-electron chi connectivity index (χ3n) is 6.44. The van der Waals surface area contributed by atoms with Crippen molar-refractivity contribution in [3.8, 4) is 0 Å². The largest absolute Gasteiger partial charge is 0.298 e. The summed E-state index contributed by atoms with van der Waals surface area (Å²) in [7, 11) is 0. The van der Waals surface area contributed by atoms with Crippen LogP contribution in [0.3, 0.4) is 0 Å². The Morgan fingerprint density at radius 2 is 2.00 bits per heavy atom. The van der Waals surface area contributed by atoms with Crippen LogP contribution >= 0.6 is 43.5 Å². The number of Topliss-reactive ketones (excluding diaryl/α,β-unsaturated/α-hetero) is 1. The molecule has 2 nitrogen and oxygen atoms in total. The predicted octanol–water partition coefficient (Wildman–Crippen LogP) is 5.06. The normalized spacial score (nSPS) is 45.2. The van der Waals surface area contributed by atoms with Crippen LogP contribution in [0.25, 0.3) is 0 Å². The first-order valence-corrected chi connectivity index (χ1v) is 10.00. The second kappa shape index (κ2) is 5.15. The molecule has 23 heavy (non-hydrogen) atoms. The molecule has 2 saturated carbocycles. The van der Waals surface area contributed by atoms with Crippen molar-refractivity contribution in [3.05, 3.63) is 32.3 Å². The molecule has 4 rings (SSSR count). The summed E-state index contributed by atoms with van der Waals surface area (Å²) in [4.78, 5) is 23.8. The first kappa shape index (κ1) is 16.3. The number of aldehydes is 1. The van der Waals surface area contributed by atoms with Crippen LogP contribution in [0.1, 0.15) is 32.6 Å². The topological polar surface area (TPSA) is 34.1 Å². The molecule has 5 heteroatoms. The van der Waals surface area contributed by atoms with Crippen molar-refractivity contribution in [1.29, 1.82) is 0 Å². The second-order valence-corrected chi connectivity index (χ2v) is 9.70. The number of allylic oxidation sites excluding steroid dienone is 6. The molecule has 2 bridgehead atoms. The third-order valence-corrected chi connectivity index (χ3v) is 8.19. The number of carbonyl (C=O) groups is 2. The standard InChI is InChI=1S/C18H17Br2ClO2/c1-17-6-11(19)16(23)15(20)14(17)12(21)7-18-4-9(2-3-13(17)18)10(5-18)8-22/h5-6,8-9,12-13H,2-4,7H2,1H3/t9-,12-,13+,17+,18+/m1/s1. The van der Waals surface area contributed by atoms with Gasteiger partial charge >= 0.3 is 0 Å². The fraction of sp³-hybridized carbons (Fsp3) is 0.556. The van der Waals surface area contributed by atoms with E-state index >= 15 is 0 Å². The summed E-state index contributed by atoms with van der Waals surface area (Å²) in [5, 5.41) is -0.188. The first-order chi connectivity index (χ1) is 10.8. The van der Waals surface area contributed by atoms with E-state index in [1.54, 1.807) is 0 Å². The van der Waals surface area contributed by atoms with Gasteiger partial charge in [0.15, 0.2) is 0 Å². The zero-order valence-corrected chi connectivity index (χ0v) is 16.7. The quantitative estimate of drug-likeness (QED) is 0.405. The molecule has 1 spiro atoms. The summed E-state index contributed by atoms with van der Waals surface area (Å²) in [6.07, 6.45) is 9.25. The molecule has 0 aromatic carbocycles. The fourth-order valence-electron chi connectivity index (χ4n) is 5.63. The highest BCUT2D eigenvalue weighted by molar-refractivity contribution is 9.13. The molecule has 0 aromatic heterocycles. The van der Waals surface area contributed by atoms with Crippen molar-refractivity contribution in [1.82, 2.24) is 0 Å². The van der Waals surface area contributed by atoms with E-state index in [0.717, 1.165) is 43.1 Å². The maximum Gasteiger partial charge on any atom is 0.206 e. The Kier molecular flexibility index (Phi) is 3.65. The average Bonchev–Trinajstić information content (AvgIpc) is 2.75. The van der Waals surface area contributed by atoms with Gasteiger partial charge in [0.25, 0.3) is 0 Å². The van der Waals surface area contributed by atoms with Crippen LogP contribution in [0, 0.1) is 22.7 Å². The van der Waals surface area contributed by atoms with Gasteiger partial charge < -0.3 is 0 Å². The molecule has 0 N–H and O–H groups in total. The lowest BCUT2D eigenvalue weighted by Gasteiger charge is -2.57. The van der Waals surface area contributed by atoms with E-state index in [-0.39, 0.29) is 22.0 Å². The van der Waals surface area contributed by atoms with Gasteiger partial charge in [0.05, 0.1) is 14.3 Å². The van der Waals surface area contributed by atoms with Crippen molar-refractivity contribution in [2.24, 2.45) is 22.7 Å². The van der Waals surface area contributed by atoms with Crippen LogP contribution in [-0.4, -0.2) is 17.4 Å². The zero-order valence-electron chi connectivity index (χ0n) is 12.7. The summed E-state index contributed by atoms with van der Waals surface area (Å²) in [5.74, 6) is 0.744. The van der Waals surface area contributed by atoms with Gasteiger partial charge in [-0.2, -0.15) is 0 Å². The van der Waals surface area contributed by atoms with Crippen molar-refractivity contribution in [2.75, 3.05) is 0 Å². The number of hydrogen-bond donors (Lipinski definition) is 0. The molecule has 0 unspecified atom stereocenters. The van der Waals surface area contributed by atoms with E-state index in [4.69, 9.17) is 11.6 Å². The van der Waals surface area contributed by atoms with Gasteiger partial charge in [-0.25, -0.2) is 0 Å². The lowest BCUT2D eigenvalue weighted by molar-refractivity contribution is -0.111. The van der Waals surface area contributed by atoms with Gasteiger partial charge in [0.2, 0.25) is 5.78 Å². The molecule has 0 aromatic rings. The highest BCUT2D eigenvalue weighted by Gasteiger charge is 2.60. The number of alkyl halides is 1. The van der Waals surface area contributed by atoms with Crippen LogP contribution < -0.4 is 0 Å². The van der Waals surface area contributed by atoms with Gasteiger partial charge in [0, 0.05) is 5.41 Å². The van der Waals surface area contributed by atoms with Gasteiger partial charge in [-0.3, -0.25) is 9.59 Å². The summed E-state index contributed by atoms with van der Waals surface area (Å²) in [5.41, 5.74) is 1.72. The Morgan fingerprint density at radius 3 is 2.70 bits per heavy atom. The summed E-state index contributed by atoms with van der Waals surface area (Å²) < 4.78 is 1.22. The molecule has 122 valence electrons. The highest BCUT2D eigenvalue weighted by atomic mass is 79.9. The van der Waals surface area contributed by atoms with Crippen LogP contribution in [0.5, 0.6) is 0 Å². The number of carbonyl (C=O) groups excluding carboxylic acids is 2. The minimum Gasteiger partial charge on any atom is -0.298 e. The highest BCUT2D eigenvalue weighted by Crippen LogP contribution is 2.68. The van der Waals surface area contributed by atoms with Crippen LogP contribution in [0.4, 0.5) is 0 Å². The van der Waals surface area contributed by atoms with E-state index in [0.29, 0.717) is 20.8 Å². The predicted molar refractivity (Wildman–Crippen MR) is 97.7 cm³/mol. The van der Waals surface area contributed by atoms with E-state index in [1.807, 2.05) is 0 Å². The number of halogens is 3. The minimum absolute atomic E-state index is 0.0126. The second-order valence-electron chi connectivity index (χ2n) is 7.53. The van der Waals surface area contributed by atoms with Crippen molar-refractivity contribution in [2.45, 2.75) is 38.0 Å². The number of hydrogen-bond acceptors (Lipinski definition) is 2. The van der Waals surface area contributed by atoms with E-state index in [9.17, 15) is 9.59 Å². The maximum absolute atomic E-state index is 12.3. The number of ketones is 1. The lowest BCUT2D eigenvalue weighted by Crippen LogP contribution is -2.51. The molecule has 4 aliphatic rings. The first-order valence-electron chi connectivity index (χ1n) is 7.97. The Hall–Kier alpha value is -0.190. The maximum atomic E-state index is 12.3. The number of rotatable bonds is 1. The van der Waals surface area contributed by atoms with E-state index < -0.39 is 0 Å². The van der Waals surface area contributed by atoms with Crippen molar-refractivity contribution in [3.63, 3.8) is 0 Å². The zero-order chi connectivity index (χ0) is 16.6. The van der Waals surface area contributed by atoms with E-state index in [1.165, 1.54) is 0 Å². The van der Waals surface area contributed by atoms with E-state index in [2.05, 4.69) is 50.9 Å². The lowest BCUT2D eigenvalue weighted by atomic mass is 9.48. The monoisotopic (exact) mass is 458 g/mol. The minimum atomic E-state index is -0.254. The summed E-state index contributed by atoms with van der Waals surface area (Å²) >= 11 is 13.7. The SMILES string of the molecule is C[C@@]12C=C(Br)C(=O)C(Br)=C1[C@H](Cl)C[C@]13C=C(C=O)[C@H](CC[C@H]12)C3. The molecule has 0 amide bonds. The van der Waals surface area contributed by atoms with Crippen LogP contribution in [0.15, 0.2) is 32.3 Å². The molecule has 4 aliphatic carbocycles. The van der Waals surface area contributed by atoms with Crippen LogP contribution in [0.2, 0.25) is 0 Å². The molecule has 5 atom stereocenters. The number of fused-ring (bicyclic) bond motifs is 3. The van der Waals surface area contributed by atoms with Crippen LogP contribution in [-0.2, 0) is 9.59 Å². The Balaban J connectivity index is 1.91. The molecular formula is C18H17Br2ClO2. The summed E-state index contributed by atoms with van der Waals surface area (Å²) in [6, 6.07) is 0. The van der Waals surface area contributed by atoms with Gasteiger partial charge in [-0.15, -0.1) is 11.6 Å². The fourth-order valence-corrected chi connectivity index (χ4v) is 8.25. The van der Waals surface area contributed by atoms with Gasteiger partial charge in [0.1, 0.15) is 6.29 Å². The molecule has 0 saturated heterocycles. The van der Waals surface area contributed by atoms with Crippen molar-refractivity contribution >= 4 is 55.5 Å². The Bertz CT molecular complexity index is 723. The molecule has 0 aliphatic heterocycles. The summed E-state index contributed by atoms with van der Waals surface area (Å²) in [6.45, 7) is 2.20. The molecule has 0 heterocycles. The third kappa shape index (κ3) is 2.04. The molecular weight excluding hydrogens is 443 g/mol. The Morgan fingerprint density at radius 1 is 1.26 bits per heavy atom. The molecule has 0 radical (unpaired) electrons. The average molecular weight is 461 g/mol. The van der Waals surface area contributed by atoms with Crippen molar-refractivity contribution < 1.29 is 9.59 Å². The van der Waals surface area contributed by atoms with Gasteiger partial charge in [-0.1, -0.05) is 19.1 Å². The molecule has 2 fully saturated rings. The smallest absolute Gasteiger partial charge is 0.206 e. The van der Waals surface area contributed by atoms with Gasteiger partial charge in [-0.05, 0) is 85.9 Å².